The van der Waals surface area contributed by atoms with Gasteiger partial charge in [0, 0.05) is 0 Å². The molecule has 0 saturated heterocycles. The van der Waals surface area contributed by atoms with Crippen LogP contribution >= 0.6 is 0 Å². The van der Waals surface area contributed by atoms with E-state index in [0.717, 1.165) is 0 Å². The summed E-state index contributed by atoms with van der Waals surface area (Å²) in [7, 11) is 0. The Hall–Kier alpha value is -1.38. The third kappa shape index (κ3) is 63.7. The van der Waals surface area contributed by atoms with Gasteiger partial charge < -0.3 is 0 Å². The minimum absolute atomic E-state index is 0.0937. The second-order valence-electron chi connectivity index (χ2n) is 5.95. The number of nitrogens with one attached hydrogen (secondary N) is 8. The van der Waals surface area contributed by atoms with Crippen molar-refractivity contribution in [3.63, 3.8) is 0 Å². The zero-order valence-electron chi connectivity index (χ0n) is 21.3. The molecule has 0 bridgehead atoms. The molecule has 0 aliphatic heterocycles. The SMILES string of the molecule is CC(=O)[NH][Ti][NH]C(C)=O.CC(=O)[NH][Ti][NH]C(C)=O.CC(=O)[NH][Ti][NH]C(C)=O.CC(=O)[NH][Ti][NH]C(C)=O. The van der Waals surface area contributed by atoms with E-state index >= 15 is 0 Å². The van der Waals surface area contributed by atoms with Gasteiger partial charge in [0.1, 0.15) is 0 Å². The summed E-state index contributed by atoms with van der Waals surface area (Å²) >= 11 is -3.09. The maximum absolute atomic E-state index is 10.2. The van der Waals surface area contributed by atoms with Gasteiger partial charge in [0.2, 0.25) is 0 Å². The van der Waals surface area contributed by atoms with E-state index in [2.05, 4.69) is 30.4 Å². The monoisotopic (exact) mass is 656 g/mol. The predicted molar refractivity (Wildman–Crippen MR) is 111 cm³/mol. The molecule has 0 unspecified atom stereocenters. The van der Waals surface area contributed by atoms with E-state index in [9.17, 15) is 38.4 Å². The number of carbonyl (C=O) groups excluding carboxylic acids is 8. The van der Waals surface area contributed by atoms with Gasteiger partial charge in [-0.3, -0.25) is 0 Å². The molecule has 0 aliphatic carbocycles. The molecule has 0 aromatic carbocycles. The third-order valence-corrected chi connectivity index (χ3v) is 7.87. The summed E-state index contributed by atoms with van der Waals surface area (Å²) in [6, 6.07) is 0. The summed E-state index contributed by atoms with van der Waals surface area (Å²) < 4.78 is 20.2. The molecule has 0 rings (SSSR count). The van der Waals surface area contributed by atoms with Crippen molar-refractivity contribution in [1.29, 1.82) is 0 Å². The molecule has 36 heavy (non-hydrogen) atoms. The van der Waals surface area contributed by atoms with Crippen molar-refractivity contribution in [1.82, 2.24) is 30.4 Å². The molecule has 0 spiro atoms. The Morgan fingerprint density at radius 2 is 0.361 bits per heavy atom. The van der Waals surface area contributed by atoms with E-state index in [4.69, 9.17) is 0 Å². The topological polar surface area (TPSA) is 233 Å². The summed E-state index contributed by atoms with van der Waals surface area (Å²) in [5.41, 5.74) is 0. The molecule has 200 valence electrons. The molecule has 0 fully saturated rings. The zero-order chi connectivity index (χ0) is 29.1. The molecule has 8 amide bonds. The quantitative estimate of drug-likeness (QED) is 0.123. The Bertz CT molecular complexity index is 567. The van der Waals surface area contributed by atoms with Crippen LogP contribution in [0.4, 0.5) is 0 Å². The van der Waals surface area contributed by atoms with E-state index in [1.165, 1.54) is 55.4 Å². The average Bonchev–Trinajstić information content (AvgIpc) is 2.67. The van der Waals surface area contributed by atoms with E-state index < -0.39 is 78.7 Å². The molecular formula is C16H32N8O8Ti4. The van der Waals surface area contributed by atoms with Gasteiger partial charge in [-0.15, -0.1) is 0 Å². The van der Waals surface area contributed by atoms with Crippen LogP contribution in [0.3, 0.4) is 0 Å². The van der Waals surface area contributed by atoms with Crippen molar-refractivity contribution in [2.24, 2.45) is 0 Å². The van der Waals surface area contributed by atoms with Crippen LogP contribution in [0.25, 0.3) is 0 Å². The van der Waals surface area contributed by atoms with Gasteiger partial charge in [-0.05, 0) is 0 Å². The van der Waals surface area contributed by atoms with Crippen molar-refractivity contribution in [2.75, 3.05) is 0 Å². The van der Waals surface area contributed by atoms with Crippen LogP contribution in [0, 0.1) is 0 Å². The maximum atomic E-state index is 10.2. The Balaban J connectivity index is -0.000000190. The van der Waals surface area contributed by atoms with Crippen molar-refractivity contribution in [2.45, 2.75) is 55.4 Å². The standard InChI is InChI=1S/8C2H5NO.4Ti/c8*1-2(3)4;;;;/h8*1H3,(H2,3,4);;;;/q;;;;;;;;4*+2/p-8. The molecule has 16 nitrogen and oxygen atoms in total. The molecule has 0 radical (unpaired) electrons. The molecule has 0 heterocycles. The van der Waals surface area contributed by atoms with E-state index in [1.807, 2.05) is 0 Å². The predicted octanol–water partition coefficient (Wildman–Crippen LogP) is -3.32. The van der Waals surface area contributed by atoms with Crippen LogP contribution in [0.5, 0.6) is 0 Å². The van der Waals surface area contributed by atoms with Gasteiger partial charge in [-0.1, -0.05) is 0 Å². The van der Waals surface area contributed by atoms with Crippen LogP contribution in [-0.2, 0) is 117 Å². The van der Waals surface area contributed by atoms with Crippen LogP contribution in [-0.4, -0.2) is 47.3 Å². The van der Waals surface area contributed by atoms with Crippen LogP contribution in [0.1, 0.15) is 55.4 Å². The first-order valence-corrected chi connectivity index (χ1v) is 15.9. The fraction of sp³-hybridized carbons (Fsp3) is 0.500. The van der Waals surface area contributed by atoms with Crippen LogP contribution in [0.2, 0.25) is 0 Å². The Morgan fingerprint density at radius 3 is 0.417 bits per heavy atom. The van der Waals surface area contributed by atoms with Gasteiger partial charge in [0.05, 0.1) is 0 Å². The molecule has 0 aliphatic rings. The number of amides is 8. The number of rotatable bonds is 8. The van der Waals surface area contributed by atoms with Gasteiger partial charge in [-0.25, -0.2) is 0 Å². The number of hydrogen-bond acceptors (Lipinski definition) is 8. The normalized spacial score (nSPS) is 7.78. The first-order valence-electron chi connectivity index (χ1n) is 9.63. The fourth-order valence-electron chi connectivity index (χ4n) is 0.829. The number of carbonyl (C=O) groups is 8. The Morgan fingerprint density at radius 1 is 0.278 bits per heavy atom. The van der Waals surface area contributed by atoms with Crippen LogP contribution in [0.15, 0.2) is 0 Å². The van der Waals surface area contributed by atoms with Gasteiger partial charge in [0.15, 0.2) is 0 Å². The summed E-state index contributed by atoms with van der Waals surface area (Å²) in [5.74, 6) is -0.750. The molecule has 0 atom stereocenters. The second-order valence-corrected chi connectivity index (χ2v) is 10.6. The third-order valence-electron chi connectivity index (χ3n) is 1.91. The second kappa shape index (κ2) is 29.8. The Kier molecular flexibility index (Phi) is 34.6. The summed E-state index contributed by atoms with van der Waals surface area (Å²) in [6.07, 6.45) is 0. The molecule has 0 aromatic rings. The van der Waals surface area contributed by atoms with Crippen molar-refractivity contribution in [3.8, 4) is 0 Å². The van der Waals surface area contributed by atoms with Gasteiger partial charge in [-0.2, -0.15) is 0 Å². The summed E-state index contributed by atoms with van der Waals surface area (Å²) in [4.78, 5) is 81.6. The molecular weight excluding hydrogens is 624 g/mol. The average molecular weight is 656 g/mol. The first kappa shape index (κ1) is 41.7. The van der Waals surface area contributed by atoms with Crippen LogP contribution < -0.4 is 30.4 Å². The van der Waals surface area contributed by atoms with Crippen molar-refractivity contribution >= 4 is 47.3 Å². The molecule has 20 heteroatoms. The first-order chi connectivity index (χ1) is 16.5. The Labute approximate surface area is 248 Å². The van der Waals surface area contributed by atoms with Gasteiger partial charge in [0.25, 0.3) is 0 Å². The summed E-state index contributed by atoms with van der Waals surface area (Å²) in [5, 5.41) is 0. The van der Waals surface area contributed by atoms with E-state index in [0.29, 0.717) is 0 Å². The zero-order valence-corrected chi connectivity index (χ0v) is 27.5. The molecule has 0 aromatic heterocycles. The molecule has 8 N–H and O–H groups in total. The number of hydrogen-bond donors (Lipinski definition) is 8. The molecule has 0 saturated carbocycles. The van der Waals surface area contributed by atoms with E-state index in [-0.39, 0.29) is 47.3 Å². The van der Waals surface area contributed by atoms with E-state index in [1.54, 1.807) is 0 Å². The minimum atomic E-state index is -0.773. The van der Waals surface area contributed by atoms with Gasteiger partial charge >= 0.3 is 250 Å². The van der Waals surface area contributed by atoms with Crippen molar-refractivity contribution < 1.29 is 117 Å². The fourth-order valence-corrected chi connectivity index (χ4v) is 3.42. The summed E-state index contributed by atoms with van der Waals surface area (Å²) in [6.45, 7) is 11.4. The van der Waals surface area contributed by atoms with Crippen molar-refractivity contribution in [3.05, 3.63) is 0 Å².